The molecule has 0 aliphatic rings. The molecule has 11 heteroatoms. The van der Waals surface area contributed by atoms with Gasteiger partial charge in [0.25, 0.3) is 0 Å². The Hall–Kier alpha value is -3.11. The van der Waals surface area contributed by atoms with E-state index in [1.54, 1.807) is 0 Å². The van der Waals surface area contributed by atoms with E-state index in [1.807, 2.05) is 0 Å². The smallest absolute Gasteiger partial charge is 0.472 e. The number of allylic oxidation sites excluding steroid dienone is 16. The summed E-state index contributed by atoms with van der Waals surface area (Å²) in [6.07, 6.45) is 53.1. The highest BCUT2D eigenvalue weighted by molar-refractivity contribution is 7.47. The van der Waals surface area contributed by atoms with Crippen molar-refractivity contribution in [3.05, 3.63) is 97.2 Å². The summed E-state index contributed by atoms with van der Waals surface area (Å²) in [6, 6.07) is -1.49. The van der Waals surface area contributed by atoms with Gasteiger partial charge >= 0.3 is 19.8 Å². The highest BCUT2D eigenvalue weighted by Crippen LogP contribution is 2.43. The predicted molar refractivity (Wildman–Crippen MR) is 235 cm³/mol. The molecule has 0 saturated heterocycles. The maximum Gasteiger partial charge on any atom is 0.472 e. The van der Waals surface area contributed by atoms with Crippen molar-refractivity contribution in [1.29, 1.82) is 0 Å². The van der Waals surface area contributed by atoms with E-state index in [-0.39, 0.29) is 13.0 Å². The second kappa shape index (κ2) is 41.1. The third-order valence-electron chi connectivity index (χ3n) is 8.36. The summed E-state index contributed by atoms with van der Waals surface area (Å²) in [5.74, 6) is -1.83. The van der Waals surface area contributed by atoms with Crippen LogP contribution in [0, 0.1) is 0 Å². The van der Waals surface area contributed by atoms with Gasteiger partial charge in [-0.2, -0.15) is 0 Å². The molecule has 0 spiro atoms. The highest BCUT2D eigenvalue weighted by atomic mass is 31.2. The maximum atomic E-state index is 12.6. The van der Waals surface area contributed by atoms with Gasteiger partial charge in [0.05, 0.1) is 19.8 Å². The summed E-state index contributed by atoms with van der Waals surface area (Å²) >= 11 is 0. The Morgan fingerprint density at radius 3 is 1.44 bits per heavy atom. The van der Waals surface area contributed by atoms with Gasteiger partial charge in [-0.05, 0) is 89.9 Å². The van der Waals surface area contributed by atoms with Crippen LogP contribution in [0.1, 0.15) is 142 Å². The standard InChI is InChI=1S/C46H76NO9P/c1-3-5-7-9-11-13-15-17-19-21-22-23-24-26-28-30-32-34-36-38-45(48)56-43(41-54-57(51,52)55-42-44(47)46(49)50)40-53-39-37-35-33-31-29-27-25-20-18-16-14-12-10-8-6-4-2/h5-8,11-14,17-20,22-23,26,28,43-44H,3-4,9-10,15-16,21,24-25,27,29-42,47H2,1-2H3,(H,49,50)(H,51,52)/b7-5-,8-6-,13-11-,14-12-,19-17-,20-18-,23-22-,28-26-. The first-order chi connectivity index (χ1) is 27.7. The minimum atomic E-state index is -4.64. The molecule has 0 aromatic rings. The molecule has 324 valence electrons. The Balaban J connectivity index is 4.37. The number of carbonyl (C=O) groups excluding carboxylic acids is 1. The van der Waals surface area contributed by atoms with E-state index in [4.69, 9.17) is 29.4 Å². The zero-order chi connectivity index (χ0) is 41.9. The molecule has 0 radical (unpaired) electrons. The molecule has 0 amide bonds. The summed E-state index contributed by atoms with van der Waals surface area (Å²) in [5, 5.41) is 8.89. The number of esters is 1. The van der Waals surface area contributed by atoms with Crippen LogP contribution in [-0.4, -0.2) is 60.5 Å². The van der Waals surface area contributed by atoms with Crippen molar-refractivity contribution in [3.8, 4) is 0 Å². The van der Waals surface area contributed by atoms with Gasteiger partial charge in [0.15, 0.2) is 0 Å². The molecule has 0 aliphatic heterocycles. The SMILES string of the molecule is CC/C=C\C/C=C\C/C=C\C/C=C\C/C=C\CCCCCC(=O)OC(COCCCCCCCC/C=C\C/C=C\C/C=C\CC)COP(=O)(O)OCC(N)C(=O)O. The van der Waals surface area contributed by atoms with Gasteiger partial charge in [-0.15, -0.1) is 0 Å². The Bertz CT molecular complexity index is 1270. The number of rotatable bonds is 39. The van der Waals surface area contributed by atoms with Gasteiger partial charge < -0.3 is 25.2 Å². The monoisotopic (exact) mass is 818 g/mol. The molecule has 4 N–H and O–H groups in total. The van der Waals surface area contributed by atoms with Crippen LogP contribution in [0.25, 0.3) is 0 Å². The Morgan fingerprint density at radius 1 is 0.561 bits per heavy atom. The first kappa shape index (κ1) is 53.9. The third kappa shape index (κ3) is 40.9. The van der Waals surface area contributed by atoms with Crippen LogP contribution in [0.5, 0.6) is 0 Å². The number of unbranched alkanes of at least 4 members (excludes halogenated alkanes) is 9. The molecule has 10 nitrogen and oxygen atoms in total. The molecule has 0 aromatic heterocycles. The van der Waals surface area contributed by atoms with E-state index in [2.05, 4.69) is 111 Å². The van der Waals surface area contributed by atoms with Crippen LogP contribution >= 0.6 is 7.82 Å². The van der Waals surface area contributed by atoms with Gasteiger partial charge in [-0.25, -0.2) is 4.57 Å². The lowest BCUT2D eigenvalue weighted by atomic mass is 10.1. The predicted octanol–water partition coefficient (Wildman–Crippen LogP) is 11.8. The molecule has 3 unspecified atom stereocenters. The zero-order valence-electron chi connectivity index (χ0n) is 35.1. The van der Waals surface area contributed by atoms with Gasteiger partial charge in [-0.1, -0.05) is 143 Å². The van der Waals surface area contributed by atoms with E-state index >= 15 is 0 Å². The second-order valence-electron chi connectivity index (χ2n) is 13.7. The highest BCUT2D eigenvalue weighted by Gasteiger charge is 2.27. The van der Waals surface area contributed by atoms with Crippen molar-refractivity contribution in [1.82, 2.24) is 0 Å². The Kier molecular flexibility index (Phi) is 38.8. The number of phosphoric ester groups is 1. The molecule has 0 fully saturated rings. The fourth-order valence-electron chi connectivity index (χ4n) is 5.11. The average molecular weight is 818 g/mol. The van der Waals surface area contributed by atoms with Crippen LogP contribution < -0.4 is 5.73 Å². The molecule has 3 atom stereocenters. The third-order valence-corrected chi connectivity index (χ3v) is 9.31. The van der Waals surface area contributed by atoms with Crippen LogP contribution in [0.3, 0.4) is 0 Å². The lowest BCUT2D eigenvalue weighted by Crippen LogP contribution is -2.34. The summed E-state index contributed by atoms with van der Waals surface area (Å²) in [5.41, 5.74) is 5.35. The number of carbonyl (C=O) groups is 2. The molecule has 0 saturated carbocycles. The van der Waals surface area contributed by atoms with Crippen molar-refractivity contribution >= 4 is 19.8 Å². The number of carboxylic acids is 1. The topological polar surface area (TPSA) is 155 Å². The average Bonchev–Trinajstić information content (AvgIpc) is 3.19. The summed E-state index contributed by atoms with van der Waals surface area (Å²) in [6.45, 7) is 3.55. The zero-order valence-corrected chi connectivity index (χ0v) is 36.0. The first-order valence-corrected chi connectivity index (χ1v) is 22.8. The van der Waals surface area contributed by atoms with E-state index in [1.165, 1.54) is 12.8 Å². The summed E-state index contributed by atoms with van der Waals surface area (Å²) in [4.78, 5) is 33.5. The van der Waals surface area contributed by atoms with Crippen molar-refractivity contribution in [3.63, 3.8) is 0 Å². The van der Waals surface area contributed by atoms with E-state index in [0.29, 0.717) is 13.0 Å². The number of aliphatic carboxylic acids is 1. The minimum absolute atomic E-state index is 0.0125. The number of nitrogens with two attached hydrogens (primary N) is 1. The first-order valence-electron chi connectivity index (χ1n) is 21.3. The summed E-state index contributed by atoms with van der Waals surface area (Å²) < 4.78 is 33.3. The number of carboxylic acid groups (broad SMARTS) is 1. The fraction of sp³-hybridized carbons (Fsp3) is 0.609. The molecule has 0 aromatic carbocycles. The molecule has 0 rings (SSSR count). The van der Waals surface area contributed by atoms with Gasteiger partial charge in [0.1, 0.15) is 12.1 Å². The van der Waals surface area contributed by atoms with Crippen LogP contribution in [0.4, 0.5) is 0 Å². The number of ether oxygens (including phenoxy) is 2. The van der Waals surface area contributed by atoms with Gasteiger partial charge in [0.2, 0.25) is 0 Å². The minimum Gasteiger partial charge on any atom is -0.480 e. The van der Waals surface area contributed by atoms with Gasteiger partial charge in [-0.3, -0.25) is 18.6 Å². The van der Waals surface area contributed by atoms with Crippen molar-refractivity contribution < 1.29 is 42.7 Å². The van der Waals surface area contributed by atoms with Crippen LogP contribution in [0.15, 0.2) is 97.2 Å². The second-order valence-corrected chi connectivity index (χ2v) is 15.2. The van der Waals surface area contributed by atoms with Crippen molar-refractivity contribution in [2.24, 2.45) is 5.73 Å². The molecule has 0 aliphatic carbocycles. The lowest BCUT2D eigenvalue weighted by molar-refractivity contribution is -0.154. The Morgan fingerprint density at radius 2 is 0.965 bits per heavy atom. The molecular weight excluding hydrogens is 741 g/mol. The Labute approximate surface area is 345 Å². The van der Waals surface area contributed by atoms with E-state index in [0.717, 1.165) is 103 Å². The number of phosphoric acid groups is 1. The number of hydrogen-bond donors (Lipinski definition) is 3. The van der Waals surface area contributed by atoms with Crippen molar-refractivity contribution in [2.45, 2.75) is 154 Å². The van der Waals surface area contributed by atoms with Crippen molar-refractivity contribution in [2.75, 3.05) is 26.4 Å². The summed E-state index contributed by atoms with van der Waals surface area (Å²) in [7, 11) is -4.64. The molecular formula is C46H76NO9P. The van der Waals surface area contributed by atoms with E-state index < -0.39 is 45.1 Å². The van der Waals surface area contributed by atoms with Gasteiger partial charge in [0, 0.05) is 13.0 Å². The largest absolute Gasteiger partial charge is 0.480 e. The van der Waals surface area contributed by atoms with Crippen LogP contribution in [-0.2, 0) is 32.7 Å². The normalized spacial score (nSPS) is 14.9. The molecule has 0 bridgehead atoms. The quantitative estimate of drug-likeness (QED) is 0.0236. The molecule has 57 heavy (non-hydrogen) atoms. The van der Waals surface area contributed by atoms with E-state index in [9.17, 15) is 19.0 Å². The maximum absolute atomic E-state index is 12.6. The number of hydrogen-bond acceptors (Lipinski definition) is 8. The van der Waals surface area contributed by atoms with Crippen LogP contribution in [0.2, 0.25) is 0 Å². The lowest BCUT2D eigenvalue weighted by Gasteiger charge is -2.20. The fourth-order valence-corrected chi connectivity index (χ4v) is 5.89. The molecule has 0 heterocycles.